The minimum absolute atomic E-state index is 0.0355. The van der Waals surface area contributed by atoms with Crippen LogP contribution >= 0.6 is 0 Å². The Balaban J connectivity index is 1.41. The van der Waals surface area contributed by atoms with Crippen molar-refractivity contribution < 1.29 is 19.1 Å². The standard InChI is InChI=1S/C30H36FN3O3/c1-18(28(36)33-17-21-6-10-23(31)11-7-21)24-12-14-30(3)15-13-25(19(2)26(30)27(24)35)34-29(37)22-8-4-20(16-32)5-9-22/h4-11,18-19,24-27,35H,12-15,17H2,1-3H3,(H,33,36)(H,34,37). The summed E-state index contributed by atoms with van der Waals surface area (Å²) in [6.07, 6.45) is 2.77. The molecule has 7 unspecified atom stereocenters. The van der Waals surface area contributed by atoms with Gasteiger partial charge >= 0.3 is 0 Å². The van der Waals surface area contributed by atoms with Crippen LogP contribution in [0.25, 0.3) is 0 Å². The zero-order valence-electron chi connectivity index (χ0n) is 21.7. The van der Waals surface area contributed by atoms with Crippen LogP contribution in [-0.2, 0) is 11.3 Å². The van der Waals surface area contributed by atoms with E-state index in [4.69, 9.17) is 5.26 Å². The number of nitriles is 1. The SMILES string of the molecule is CC(C(=O)NCc1ccc(F)cc1)C1CCC2(C)CCC(NC(=O)c3ccc(C#N)cc3)C(C)C2C1O. The summed E-state index contributed by atoms with van der Waals surface area (Å²) in [6.45, 7) is 6.50. The van der Waals surface area contributed by atoms with Gasteiger partial charge in [-0.15, -0.1) is 0 Å². The Bertz CT molecular complexity index is 1160. The van der Waals surface area contributed by atoms with Gasteiger partial charge in [0.05, 0.1) is 17.7 Å². The van der Waals surface area contributed by atoms with Gasteiger partial charge in [-0.25, -0.2) is 4.39 Å². The Morgan fingerprint density at radius 3 is 2.43 bits per heavy atom. The molecule has 2 saturated carbocycles. The maximum atomic E-state index is 13.2. The Hall–Kier alpha value is -3.24. The molecule has 4 rings (SSSR count). The molecular weight excluding hydrogens is 469 g/mol. The predicted octanol–water partition coefficient (Wildman–Crippen LogP) is 4.57. The highest BCUT2D eigenvalue weighted by Gasteiger charge is 2.53. The van der Waals surface area contributed by atoms with Crippen molar-refractivity contribution >= 4 is 11.8 Å². The molecule has 0 heterocycles. The Kier molecular flexibility index (Phi) is 7.99. The van der Waals surface area contributed by atoms with Gasteiger partial charge in [0.2, 0.25) is 5.91 Å². The molecule has 2 fully saturated rings. The van der Waals surface area contributed by atoms with Crippen LogP contribution in [0.2, 0.25) is 0 Å². The number of carbonyl (C=O) groups is 2. The van der Waals surface area contributed by atoms with E-state index in [1.807, 2.05) is 6.92 Å². The molecule has 2 aromatic rings. The van der Waals surface area contributed by atoms with Crippen molar-refractivity contribution in [1.29, 1.82) is 5.26 Å². The molecule has 2 amide bonds. The molecule has 37 heavy (non-hydrogen) atoms. The fraction of sp³-hybridized carbons (Fsp3) is 0.500. The zero-order valence-corrected chi connectivity index (χ0v) is 21.7. The summed E-state index contributed by atoms with van der Waals surface area (Å²) in [5.41, 5.74) is 1.79. The number of hydrogen-bond acceptors (Lipinski definition) is 4. The van der Waals surface area contributed by atoms with Gasteiger partial charge in [-0.1, -0.05) is 32.9 Å². The van der Waals surface area contributed by atoms with Crippen LogP contribution in [0.5, 0.6) is 0 Å². The van der Waals surface area contributed by atoms with E-state index in [1.165, 1.54) is 12.1 Å². The van der Waals surface area contributed by atoms with Gasteiger partial charge < -0.3 is 15.7 Å². The minimum Gasteiger partial charge on any atom is -0.392 e. The molecule has 3 N–H and O–H groups in total. The maximum Gasteiger partial charge on any atom is 0.251 e. The lowest BCUT2D eigenvalue weighted by molar-refractivity contribution is -0.142. The number of hydrogen-bond donors (Lipinski definition) is 3. The van der Waals surface area contributed by atoms with E-state index >= 15 is 0 Å². The Morgan fingerprint density at radius 1 is 1.14 bits per heavy atom. The Morgan fingerprint density at radius 2 is 1.78 bits per heavy atom. The lowest BCUT2D eigenvalue weighted by Crippen LogP contribution is -2.58. The Labute approximate surface area is 218 Å². The second-order valence-corrected chi connectivity index (χ2v) is 11.2. The molecule has 0 aromatic heterocycles. The third kappa shape index (κ3) is 5.70. The van der Waals surface area contributed by atoms with Crippen molar-refractivity contribution in [1.82, 2.24) is 10.6 Å². The van der Waals surface area contributed by atoms with Crippen molar-refractivity contribution in [3.8, 4) is 6.07 Å². The summed E-state index contributed by atoms with van der Waals surface area (Å²) in [4.78, 5) is 25.9. The van der Waals surface area contributed by atoms with Gasteiger partial charge in [-0.2, -0.15) is 5.26 Å². The number of amides is 2. The third-order valence-corrected chi connectivity index (χ3v) is 8.92. The monoisotopic (exact) mass is 505 g/mol. The van der Waals surface area contributed by atoms with E-state index in [0.717, 1.165) is 31.2 Å². The first-order valence-corrected chi connectivity index (χ1v) is 13.1. The number of benzene rings is 2. The fourth-order valence-corrected chi connectivity index (χ4v) is 6.59. The molecule has 0 saturated heterocycles. The second-order valence-electron chi connectivity index (χ2n) is 11.2. The fourth-order valence-electron chi connectivity index (χ4n) is 6.59. The number of rotatable bonds is 6. The first kappa shape index (κ1) is 26.8. The van der Waals surface area contributed by atoms with Crippen LogP contribution in [0.3, 0.4) is 0 Å². The number of aliphatic hydroxyl groups is 1. The largest absolute Gasteiger partial charge is 0.392 e. The van der Waals surface area contributed by atoms with E-state index in [1.54, 1.807) is 36.4 Å². The highest BCUT2D eigenvalue weighted by Crippen LogP contribution is 2.55. The van der Waals surface area contributed by atoms with E-state index < -0.39 is 6.10 Å². The van der Waals surface area contributed by atoms with Crippen LogP contribution < -0.4 is 10.6 Å². The van der Waals surface area contributed by atoms with Crippen LogP contribution in [0.4, 0.5) is 4.39 Å². The lowest BCUT2D eigenvalue weighted by Gasteiger charge is -2.56. The first-order valence-electron chi connectivity index (χ1n) is 13.1. The normalized spacial score (nSPS) is 29.9. The number of carbonyl (C=O) groups excluding carboxylic acids is 2. The molecule has 2 aromatic carbocycles. The summed E-state index contributed by atoms with van der Waals surface area (Å²) < 4.78 is 13.2. The maximum absolute atomic E-state index is 13.2. The molecule has 6 nitrogen and oxygen atoms in total. The summed E-state index contributed by atoms with van der Waals surface area (Å²) in [5.74, 6) is -1.18. The van der Waals surface area contributed by atoms with E-state index in [9.17, 15) is 19.1 Å². The molecule has 7 heteroatoms. The molecule has 0 radical (unpaired) electrons. The highest BCUT2D eigenvalue weighted by atomic mass is 19.1. The molecule has 2 aliphatic carbocycles. The van der Waals surface area contributed by atoms with Gasteiger partial charge in [0, 0.05) is 24.1 Å². The topological polar surface area (TPSA) is 102 Å². The van der Waals surface area contributed by atoms with Gasteiger partial charge in [-0.05, 0) is 90.8 Å². The molecule has 0 bridgehead atoms. The third-order valence-electron chi connectivity index (χ3n) is 8.92. The average molecular weight is 506 g/mol. The van der Waals surface area contributed by atoms with E-state index in [0.29, 0.717) is 17.7 Å². The minimum atomic E-state index is -0.657. The van der Waals surface area contributed by atoms with Crippen molar-refractivity contribution in [3.05, 3.63) is 71.0 Å². The number of nitrogens with one attached hydrogen (secondary N) is 2. The number of fused-ring (bicyclic) bond motifs is 1. The lowest BCUT2D eigenvalue weighted by atomic mass is 9.51. The van der Waals surface area contributed by atoms with Crippen LogP contribution in [-0.4, -0.2) is 29.1 Å². The molecule has 0 spiro atoms. The smallest absolute Gasteiger partial charge is 0.251 e. The van der Waals surface area contributed by atoms with Gasteiger partial charge in [0.25, 0.3) is 5.91 Å². The second kappa shape index (κ2) is 11.0. The van der Waals surface area contributed by atoms with Crippen molar-refractivity contribution in [2.75, 3.05) is 0 Å². The van der Waals surface area contributed by atoms with Gasteiger partial charge in [-0.3, -0.25) is 9.59 Å². The summed E-state index contributed by atoms with van der Waals surface area (Å²) in [5, 5.41) is 26.7. The first-order chi connectivity index (χ1) is 17.6. The summed E-state index contributed by atoms with van der Waals surface area (Å²) >= 11 is 0. The van der Waals surface area contributed by atoms with Crippen molar-refractivity contribution in [2.45, 2.75) is 65.1 Å². The molecule has 7 atom stereocenters. The highest BCUT2D eigenvalue weighted by molar-refractivity contribution is 5.94. The molecular formula is C30H36FN3O3. The summed E-state index contributed by atoms with van der Waals surface area (Å²) in [6, 6.07) is 14.6. The average Bonchev–Trinajstić information content (AvgIpc) is 2.89. The van der Waals surface area contributed by atoms with Gasteiger partial charge in [0.1, 0.15) is 5.82 Å². The van der Waals surface area contributed by atoms with Gasteiger partial charge in [0.15, 0.2) is 0 Å². The number of nitrogens with zero attached hydrogens (tertiary/aromatic N) is 1. The molecule has 0 aliphatic heterocycles. The number of halogens is 1. The predicted molar refractivity (Wildman–Crippen MR) is 139 cm³/mol. The van der Waals surface area contributed by atoms with E-state index in [2.05, 4.69) is 30.6 Å². The van der Waals surface area contributed by atoms with Crippen LogP contribution in [0.15, 0.2) is 48.5 Å². The van der Waals surface area contributed by atoms with Crippen LogP contribution in [0.1, 0.15) is 67.9 Å². The van der Waals surface area contributed by atoms with Crippen LogP contribution in [0, 0.1) is 46.2 Å². The van der Waals surface area contributed by atoms with Crippen molar-refractivity contribution in [2.24, 2.45) is 29.1 Å². The molecule has 196 valence electrons. The zero-order chi connectivity index (χ0) is 26.7. The summed E-state index contributed by atoms with van der Waals surface area (Å²) in [7, 11) is 0. The van der Waals surface area contributed by atoms with Crippen molar-refractivity contribution in [3.63, 3.8) is 0 Å². The number of aliphatic hydroxyl groups excluding tert-OH is 1. The van der Waals surface area contributed by atoms with E-state index in [-0.39, 0.29) is 52.8 Å². The quantitative estimate of drug-likeness (QED) is 0.535. The molecule has 2 aliphatic rings.